The van der Waals surface area contributed by atoms with Gasteiger partial charge in [0.05, 0.1) is 10.7 Å². The van der Waals surface area contributed by atoms with Crippen LogP contribution < -0.4 is 10.6 Å². The predicted octanol–water partition coefficient (Wildman–Crippen LogP) is 4.48. The van der Waals surface area contributed by atoms with Crippen LogP contribution in [0.15, 0.2) is 36.4 Å². The summed E-state index contributed by atoms with van der Waals surface area (Å²) in [7, 11) is 0. The van der Waals surface area contributed by atoms with E-state index >= 15 is 0 Å². The molecule has 0 radical (unpaired) electrons. The number of aromatic hydroxyl groups is 1. The number of carbonyl (C=O) groups is 1. The van der Waals surface area contributed by atoms with E-state index < -0.39 is 17.6 Å². The van der Waals surface area contributed by atoms with Crippen LogP contribution in [0.25, 0.3) is 0 Å². The molecule has 0 aliphatic carbocycles. The van der Waals surface area contributed by atoms with Crippen LogP contribution in [0.3, 0.4) is 0 Å². The van der Waals surface area contributed by atoms with Crippen molar-refractivity contribution in [2.45, 2.75) is 0 Å². The molecule has 20 heavy (non-hydrogen) atoms. The average Bonchev–Trinajstić information content (AvgIpc) is 2.36. The van der Waals surface area contributed by atoms with Gasteiger partial charge in [0.2, 0.25) is 0 Å². The van der Waals surface area contributed by atoms with Crippen molar-refractivity contribution in [3.63, 3.8) is 0 Å². The Morgan fingerprint density at radius 2 is 1.90 bits per heavy atom. The molecule has 2 aromatic rings. The monoisotopic (exact) mass is 314 g/mol. The number of rotatable bonds is 2. The number of urea groups is 1. The maximum absolute atomic E-state index is 13.5. The standard InChI is InChI=1S/C13H9Cl2FN2O2/c14-7-2-1-3-8(4-7)17-13(20)18-11-5-9(15)12(19)6-10(11)16/h1-6,19H,(H2,17,18,20). The summed E-state index contributed by atoms with van der Waals surface area (Å²) in [6.45, 7) is 0. The van der Waals surface area contributed by atoms with Gasteiger partial charge in [0.25, 0.3) is 0 Å². The van der Waals surface area contributed by atoms with Crippen LogP contribution in [0, 0.1) is 5.82 Å². The smallest absolute Gasteiger partial charge is 0.323 e. The van der Waals surface area contributed by atoms with Gasteiger partial charge in [-0.2, -0.15) is 0 Å². The molecule has 0 unspecified atom stereocenters. The van der Waals surface area contributed by atoms with Gasteiger partial charge >= 0.3 is 6.03 Å². The van der Waals surface area contributed by atoms with Crippen LogP contribution in [0.1, 0.15) is 0 Å². The summed E-state index contributed by atoms with van der Waals surface area (Å²) in [4.78, 5) is 11.7. The normalized spacial score (nSPS) is 10.2. The van der Waals surface area contributed by atoms with Gasteiger partial charge in [-0.05, 0) is 24.3 Å². The Balaban J connectivity index is 2.10. The second kappa shape index (κ2) is 5.98. The molecule has 2 rings (SSSR count). The highest BCUT2D eigenvalue weighted by Gasteiger charge is 2.11. The van der Waals surface area contributed by atoms with Crippen molar-refractivity contribution in [2.24, 2.45) is 0 Å². The zero-order valence-corrected chi connectivity index (χ0v) is 11.5. The van der Waals surface area contributed by atoms with E-state index in [1.54, 1.807) is 24.3 Å². The van der Waals surface area contributed by atoms with Crippen LogP contribution in [-0.2, 0) is 0 Å². The Morgan fingerprint density at radius 1 is 1.15 bits per heavy atom. The summed E-state index contributed by atoms with van der Waals surface area (Å²) in [5, 5.41) is 14.4. The SMILES string of the molecule is O=C(Nc1cccc(Cl)c1)Nc1cc(Cl)c(O)cc1F. The van der Waals surface area contributed by atoms with Crippen LogP contribution in [0.4, 0.5) is 20.6 Å². The van der Waals surface area contributed by atoms with Crippen molar-refractivity contribution >= 4 is 40.6 Å². The minimum Gasteiger partial charge on any atom is -0.506 e. The van der Waals surface area contributed by atoms with Crippen molar-refractivity contribution in [2.75, 3.05) is 10.6 Å². The lowest BCUT2D eigenvalue weighted by molar-refractivity contribution is 0.262. The molecule has 104 valence electrons. The van der Waals surface area contributed by atoms with E-state index in [9.17, 15) is 14.3 Å². The quantitative estimate of drug-likeness (QED) is 0.715. The molecule has 0 spiro atoms. The van der Waals surface area contributed by atoms with Crippen molar-refractivity contribution in [3.05, 3.63) is 52.3 Å². The van der Waals surface area contributed by atoms with Gasteiger partial charge in [-0.15, -0.1) is 0 Å². The van der Waals surface area contributed by atoms with Crippen LogP contribution in [0.2, 0.25) is 10.0 Å². The fourth-order valence-corrected chi connectivity index (χ4v) is 1.84. The summed E-state index contributed by atoms with van der Waals surface area (Å²) in [6, 6.07) is 7.77. The zero-order valence-electron chi connectivity index (χ0n) is 9.95. The topological polar surface area (TPSA) is 61.4 Å². The largest absolute Gasteiger partial charge is 0.506 e. The number of hydrogen-bond donors (Lipinski definition) is 3. The first-order valence-corrected chi connectivity index (χ1v) is 6.23. The first-order chi connectivity index (χ1) is 9.45. The van der Waals surface area contributed by atoms with Crippen LogP contribution in [-0.4, -0.2) is 11.1 Å². The van der Waals surface area contributed by atoms with Gasteiger partial charge < -0.3 is 15.7 Å². The van der Waals surface area contributed by atoms with E-state index in [4.69, 9.17) is 23.2 Å². The molecule has 0 saturated heterocycles. The van der Waals surface area contributed by atoms with Crippen molar-refractivity contribution in [1.82, 2.24) is 0 Å². The average molecular weight is 315 g/mol. The molecule has 0 heterocycles. The lowest BCUT2D eigenvalue weighted by Crippen LogP contribution is -2.20. The summed E-state index contributed by atoms with van der Waals surface area (Å²) in [5.74, 6) is -1.20. The van der Waals surface area contributed by atoms with Gasteiger partial charge in [0.1, 0.15) is 5.75 Å². The Hall–Kier alpha value is -1.98. The van der Waals surface area contributed by atoms with E-state index in [2.05, 4.69) is 10.6 Å². The third-order valence-electron chi connectivity index (χ3n) is 2.37. The number of carbonyl (C=O) groups excluding carboxylic acids is 1. The number of anilines is 2. The molecular weight excluding hydrogens is 306 g/mol. The number of phenolic OH excluding ortho intramolecular Hbond substituents is 1. The first kappa shape index (κ1) is 14.4. The molecule has 2 amide bonds. The molecule has 3 N–H and O–H groups in total. The van der Waals surface area contributed by atoms with E-state index in [1.807, 2.05) is 0 Å². The van der Waals surface area contributed by atoms with Gasteiger partial charge in [-0.1, -0.05) is 29.3 Å². The molecule has 0 aliphatic heterocycles. The molecule has 4 nitrogen and oxygen atoms in total. The fourth-order valence-electron chi connectivity index (χ4n) is 1.48. The molecule has 7 heteroatoms. The van der Waals surface area contributed by atoms with Gasteiger partial charge in [-0.25, -0.2) is 9.18 Å². The van der Waals surface area contributed by atoms with E-state index in [-0.39, 0.29) is 10.7 Å². The Bertz CT molecular complexity index is 665. The lowest BCUT2D eigenvalue weighted by Gasteiger charge is -2.09. The second-order valence-electron chi connectivity index (χ2n) is 3.87. The molecule has 0 aromatic heterocycles. The van der Waals surface area contributed by atoms with Gasteiger partial charge in [0, 0.05) is 16.8 Å². The maximum Gasteiger partial charge on any atom is 0.323 e. The number of hydrogen-bond acceptors (Lipinski definition) is 2. The summed E-state index contributed by atoms with van der Waals surface area (Å²) >= 11 is 11.4. The molecule has 0 atom stereocenters. The second-order valence-corrected chi connectivity index (χ2v) is 4.72. The number of halogens is 3. The molecule has 0 saturated carbocycles. The third kappa shape index (κ3) is 3.53. The Kier molecular flexibility index (Phi) is 4.32. The number of phenols is 1. The van der Waals surface area contributed by atoms with Crippen LogP contribution >= 0.6 is 23.2 Å². The minimum absolute atomic E-state index is 0.0653. The number of nitrogens with one attached hydrogen (secondary N) is 2. The molecule has 0 fully saturated rings. The molecular formula is C13H9Cl2FN2O2. The first-order valence-electron chi connectivity index (χ1n) is 5.47. The summed E-state index contributed by atoms with van der Waals surface area (Å²) < 4.78 is 13.5. The fraction of sp³-hybridized carbons (Fsp3) is 0. The van der Waals surface area contributed by atoms with E-state index in [0.717, 1.165) is 12.1 Å². The Labute approximate surface area is 124 Å². The highest BCUT2D eigenvalue weighted by Crippen LogP contribution is 2.29. The minimum atomic E-state index is -0.798. The third-order valence-corrected chi connectivity index (χ3v) is 2.91. The maximum atomic E-state index is 13.5. The number of benzene rings is 2. The highest BCUT2D eigenvalue weighted by molar-refractivity contribution is 6.32. The lowest BCUT2D eigenvalue weighted by atomic mass is 10.3. The van der Waals surface area contributed by atoms with E-state index in [1.165, 1.54) is 0 Å². The zero-order chi connectivity index (χ0) is 14.7. The van der Waals surface area contributed by atoms with Gasteiger partial charge in [0.15, 0.2) is 5.82 Å². The number of amides is 2. The molecule has 2 aromatic carbocycles. The Morgan fingerprint density at radius 3 is 2.60 bits per heavy atom. The summed E-state index contributed by atoms with van der Waals surface area (Å²) in [6.07, 6.45) is 0. The van der Waals surface area contributed by atoms with Crippen LogP contribution in [0.5, 0.6) is 5.75 Å². The van der Waals surface area contributed by atoms with Crippen molar-refractivity contribution < 1.29 is 14.3 Å². The van der Waals surface area contributed by atoms with Crippen molar-refractivity contribution in [3.8, 4) is 5.75 Å². The van der Waals surface area contributed by atoms with Crippen molar-refractivity contribution in [1.29, 1.82) is 0 Å². The summed E-state index contributed by atoms with van der Waals surface area (Å²) in [5.41, 5.74) is 0.313. The molecule has 0 aliphatic rings. The molecule has 0 bridgehead atoms. The highest BCUT2D eigenvalue weighted by atomic mass is 35.5. The predicted molar refractivity (Wildman–Crippen MR) is 77.2 cm³/mol. The van der Waals surface area contributed by atoms with E-state index in [0.29, 0.717) is 10.7 Å². The van der Waals surface area contributed by atoms with Gasteiger partial charge in [-0.3, -0.25) is 0 Å².